The van der Waals surface area contributed by atoms with Crippen molar-refractivity contribution in [2.45, 2.75) is 69.6 Å². The molecule has 0 aliphatic rings. The molecule has 0 fully saturated rings. The fourth-order valence-corrected chi connectivity index (χ4v) is 2.93. The molecule has 0 amide bonds. The molecule has 15 heteroatoms. The lowest BCUT2D eigenvalue weighted by molar-refractivity contribution is -0.382. The van der Waals surface area contributed by atoms with Gasteiger partial charge < -0.3 is 0 Å². The van der Waals surface area contributed by atoms with Gasteiger partial charge in [0.1, 0.15) is 0 Å². The zero-order valence-electron chi connectivity index (χ0n) is 16.7. The summed E-state index contributed by atoms with van der Waals surface area (Å²) in [6.07, 6.45) is -7.13. The standard InChI is InChI=1S/C11H22OS.C4HF9O3S/c1-7(2)10(12)11(13,8(3)4)9(5)6;5-1(6,3(9,10)11)2(7,8)4(12,13)17(14,15)16/h7-9,13H,1-6H3;(H,14,15,16). The number of thiol groups is 1. The van der Waals surface area contributed by atoms with Crippen molar-refractivity contribution in [2.24, 2.45) is 17.8 Å². The third kappa shape index (κ3) is 5.75. The second kappa shape index (κ2) is 9.43. The van der Waals surface area contributed by atoms with Crippen LogP contribution in [0.1, 0.15) is 41.5 Å². The van der Waals surface area contributed by atoms with Crippen molar-refractivity contribution >= 4 is 28.5 Å². The van der Waals surface area contributed by atoms with E-state index in [2.05, 4.69) is 40.3 Å². The van der Waals surface area contributed by atoms with E-state index >= 15 is 0 Å². The lowest BCUT2D eigenvalue weighted by atomic mass is 9.77. The molecule has 0 rings (SSSR count). The van der Waals surface area contributed by atoms with Gasteiger partial charge in [0.15, 0.2) is 5.78 Å². The van der Waals surface area contributed by atoms with Gasteiger partial charge in [-0.05, 0) is 11.8 Å². The zero-order chi connectivity index (χ0) is 25.3. The van der Waals surface area contributed by atoms with Gasteiger partial charge in [-0.2, -0.15) is 60.6 Å². The van der Waals surface area contributed by atoms with Crippen molar-refractivity contribution in [3.63, 3.8) is 0 Å². The minimum Gasteiger partial charge on any atom is -0.298 e. The molecule has 0 radical (unpaired) electrons. The van der Waals surface area contributed by atoms with Crippen LogP contribution < -0.4 is 0 Å². The number of Topliss-reactive ketones (excluding diaryl/α,β-unsaturated/α-hetero) is 1. The fraction of sp³-hybridized carbons (Fsp3) is 0.933. The van der Waals surface area contributed by atoms with Gasteiger partial charge in [0.2, 0.25) is 0 Å². The van der Waals surface area contributed by atoms with Crippen LogP contribution in [0.15, 0.2) is 0 Å². The van der Waals surface area contributed by atoms with Crippen LogP contribution >= 0.6 is 12.6 Å². The van der Waals surface area contributed by atoms with Gasteiger partial charge in [-0.3, -0.25) is 9.35 Å². The van der Waals surface area contributed by atoms with Gasteiger partial charge in [-0.25, -0.2) is 0 Å². The first-order valence-electron chi connectivity index (χ1n) is 8.18. The topological polar surface area (TPSA) is 71.4 Å². The van der Waals surface area contributed by atoms with Crippen molar-refractivity contribution in [2.75, 3.05) is 0 Å². The Labute approximate surface area is 173 Å². The van der Waals surface area contributed by atoms with Gasteiger partial charge in [-0.15, -0.1) is 0 Å². The third-order valence-corrected chi connectivity index (χ3v) is 6.28. The third-order valence-electron chi connectivity index (χ3n) is 4.12. The van der Waals surface area contributed by atoms with E-state index in [1.165, 1.54) is 0 Å². The monoisotopic (exact) mass is 502 g/mol. The Morgan fingerprint density at radius 1 is 0.767 bits per heavy atom. The Kier molecular flexibility index (Phi) is 9.89. The van der Waals surface area contributed by atoms with Crippen LogP contribution in [0, 0.1) is 17.8 Å². The molecule has 0 aromatic carbocycles. The first kappa shape index (κ1) is 31.5. The molecule has 0 aliphatic heterocycles. The number of halogens is 9. The van der Waals surface area contributed by atoms with Gasteiger partial charge in [0.05, 0.1) is 4.75 Å². The van der Waals surface area contributed by atoms with Crippen molar-refractivity contribution in [3.05, 3.63) is 0 Å². The van der Waals surface area contributed by atoms with E-state index in [1.54, 1.807) is 0 Å². The van der Waals surface area contributed by atoms with Gasteiger partial charge >= 0.3 is 33.4 Å². The van der Waals surface area contributed by atoms with E-state index in [4.69, 9.17) is 4.55 Å². The van der Waals surface area contributed by atoms with Crippen molar-refractivity contribution < 1.29 is 57.3 Å². The Morgan fingerprint density at radius 3 is 1.20 bits per heavy atom. The maximum absolute atomic E-state index is 12.2. The van der Waals surface area contributed by atoms with E-state index in [0.717, 1.165) is 0 Å². The average Bonchev–Trinajstić information content (AvgIpc) is 2.50. The van der Waals surface area contributed by atoms with Crippen molar-refractivity contribution in [1.29, 1.82) is 0 Å². The molecule has 0 aromatic rings. The summed E-state index contributed by atoms with van der Waals surface area (Å²) in [6, 6.07) is 0. The number of ketones is 1. The van der Waals surface area contributed by atoms with E-state index in [-0.39, 0.29) is 23.5 Å². The molecule has 0 unspecified atom stereocenters. The SMILES string of the molecule is CC(C)C(=O)C(S)(C(C)C)C(C)C.O=S(=O)(O)C(F)(F)C(F)(F)C(F)(F)C(F)(F)F. The van der Waals surface area contributed by atoms with Crippen LogP contribution in [0.2, 0.25) is 0 Å². The van der Waals surface area contributed by atoms with Gasteiger partial charge in [-0.1, -0.05) is 41.5 Å². The number of carbonyl (C=O) groups excluding carboxylic acids is 1. The molecule has 1 N–H and O–H groups in total. The molecule has 0 aliphatic carbocycles. The highest BCUT2D eigenvalue weighted by Gasteiger charge is 2.85. The number of carbonyl (C=O) groups is 1. The molecular weight excluding hydrogens is 479 g/mol. The lowest BCUT2D eigenvalue weighted by Crippen LogP contribution is -2.63. The summed E-state index contributed by atoms with van der Waals surface area (Å²) in [6.45, 7) is 12.1. The summed E-state index contributed by atoms with van der Waals surface area (Å²) in [5.41, 5.74) is 0. The summed E-state index contributed by atoms with van der Waals surface area (Å²) in [5, 5.41) is -7.00. The normalized spacial score (nSPS) is 14.8. The van der Waals surface area contributed by atoms with Gasteiger partial charge in [0.25, 0.3) is 0 Å². The van der Waals surface area contributed by atoms with Crippen molar-refractivity contribution in [1.82, 2.24) is 0 Å². The Morgan fingerprint density at radius 2 is 1.07 bits per heavy atom. The first-order valence-corrected chi connectivity index (χ1v) is 10.1. The van der Waals surface area contributed by atoms with Crippen LogP contribution in [-0.4, -0.2) is 46.8 Å². The second-order valence-electron chi connectivity index (χ2n) is 7.29. The quantitative estimate of drug-likeness (QED) is 0.274. The highest BCUT2D eigenvalue weighted by Crippen LogP contribution is 2.54. The minimum atomic E-state index is -7.37. The highest BCUT2D eigenvalue weighted by molar-refractivity contribution is 7.87. The molecule has 0 saturated carbocycles. The Hall–Kier alpha value is -0.700. The molecule has 0 heterocycles. The molecular formula is C15H23F9O4S2. The van der Waals surface area contributed by atoms with Crippen LogP contribution in [-0.2, 0) is 14.9 Å². The van der Waals surface area contributed by atoms with Crippen LogP contribution in [0.5, 0.6) is 0 Å². The Bertz CT molecular complexity index is 691. The van der Waals surface area contributed by atoms with Crippen molar-refractivity contribution in [3.8, 4) is 0 Å². The summed E-state index contributed by atoms with van der Waals surface area (Å²) in [4.78, 5) is 12.0. The van der Waals surface area contributed by atoms with E-state index in [1.807, 2.05) is 13.8 Å². The predicted octanol–water partition coefficient (Wildman–Crippen LogP) is 5.49. The molecule has 0 saturated heterocycles. The maximum atomic E-state index is 12.2. The maximum Gasteiger partial charge on any atom is 0.460 e. The first-order chi connectivity index (χ1) is 12.7. The van der Waals surface area contributed by atoms with Crippen LogP contribution in [0.25, 0.3) is 0 Å². The molecule has 0 bridgehead atoms. The largest absolute Gasteiger partial charge is 0.460 e. The minimum absolute atomic E-state index is 0.0716. The number of rotatable bonds is 7. The molecule has 0 atom stereocenters. The summed E-state index contributed by atoms with van der Waals surface area (Å²) < 4.78 is 133. The smallest absolute Gasteiger partial charge is 0.298 e. The highest BCUT2D eigenvalue weighted by atomic mass is 32.2. The number of hydrogen-bond acceptors (Lipinski definition) is 4. The van der Waals surface area contributed by atoms with E-state index in [0.29, 0.717) is 0 Å². The fourth-order valence-electron chi connectivity index (χ4n) is 2.22. The van der Waals surface area contributed by atoms with E-state index in [9.17, 15) is 52.7 Å². The summed E-state index contributed by atoms with van der Waals surface area (Å²) >= 11 is 4.59. The Balaban J connectivity index is 0. The van der Waals surface area contributed by atoms with Crippen LogP contribution in [0.4, 0.5) is 39.5 Å². The predicted molar refractivity (Wildman–Crippen MR) is 93.7 cm³/mol. The van der Waals surface area contributed by atoms with E-state index < -0.39 is 38.1 Å². The van der Waals surface area contributed by atoms with Gasteiger partial charge in [0, 0.05) is 5.92 Å². The molecule has 30 heavy (non-hydrogen) atoms. The summed E-state index contributed by atoms with van der Waals surface area (Å²) in [5.74, 6) is -13.8. The molecule has 4 nitrogen and oxygen atoms in total. The summed E-state index contributed by atoms with van der Waals surface area (Å²) in [7, 11) is -7.17. The number of hydrogen-bond donors (Lipinski definition) is 2. The number of alkyl halides is 9. The second-order valence-corrected chi connectivity index (χ2v) is 9.49. The van der Waals surface area contributed by atoms with Crippen LogP contribution in [0.3, 0.4) is 0 Å². The molecule has 182 valence electrons. The average molecular weight is 502 g/mol. The molecule has 0 spiro atoms. The molecule has 0 aromatic heterocycles. The zero-order valence-corrected chi connectivity index (χ0v) is 18.4. The lowest BCUT2D eigenvalue weighted by Gasteiger charge is -2.36.